The molecule has 2 heterocycles. The minimum atomic E-state index is -2.83. The van der Waals surface area contributed by atoms with Crippen molar-refractivity contribution in [1.29, 1.82) is 0 Å². The van der Waals surface area contributed by atoms with Gasteiger partial charge < -0.3 is 9.73 Å². The van der Waals surface area contributed by atoms with Crippen LogP contribution in [-0.4, -0.2) is 45.0 Å². The molecule has 0 aliphatic carbocycles. The van der Waals surface area contributed by atoms with E-state index >= 15 is 0 Å². The number of rotatable bonds is 5. The molecule has 19 heavy (non-hydrogen) atoms. The molecule has 1 saturated heterocycles. The number of hydrogen-bond donors (Lipinski definition) is 1. The maximum Gasteiger partial charge on any atom is 0.151 e. The Bertz CT molecular complexity index is 536. The second-order valence-electron chi connectivity index (χ2n) is 5.32. The van der Waals surface area contributed by atoms with Gasteiger partial charge in [0, 0.05) is 6.04 Å². The third-order valence-corrected chi connectivity index (χ3v) is 5.40. The first-order chi connectivity index (χ1) is 8.91. The molecular weight excluding hydrogens is 264 g/mol. The van der Waals surface area contributed by atoms with Crippen LogP contribution in [0.1, 0.15) is 23.5 Å². The molecule has 5 nitrogen and oxygen atoms in total. The molecule has 1 N–H and O–H groups in total. The highest BCUT2D eigenvalue weighted by molar-refractivity contribution is 7.91. The zero-order chi connectivity index (χ0) is 14.0. The molecule has 0 bridgehead atoms. The smallest absolute Gasteiger partial charge is 0.151 e. The molecule has 1 aliphatic heterocycles. The van der Waals surface area contributed by atoms with E-state index in [1.807, 2.05) is 27.1 Å². The van der Waals surface area contributed by atoms with Gasteiger partial charge in [-0.2, -0.15) is 0 Å². The number of hydrogen-bond acceptors (Lipinski definition) is 5. The van der Waals surface area contributed by atoms with Gasteiger partial charge in [-0.15, -0.1) is 0 Å². The fraction of sp³-hybridized carbons (Fsp3) is 0.692. The molecule has 0 spiro atoms. The zero-order valence-electron chi connectivity index (χ0n) is 11.8. The number of sulfone groups is 1. The third-order valence-electron chi connectivity index (χ3n) is 3.65. The lowest BCUT2D eigenvalue weighted by molar-refractivity contribution is 0.231. The fourth-order valence-corrected chi connectivity index (χ4v) is 4.31. The summed E-state index contributed by atoms with van der Waals surface area (Å²) in [5, 5.41) is 3.07. The number of aryl methyl sites for hydroxylation is 1. The maximum atomic E-state index is 11.5. The lowest BCUT2D eigenvalue weighted by Crippen LogP contribution is -2.31. The Balaban J connectivity index is 1.99. The van der Waals surface area contributed by atoms with Crippen molar-refractivity contribution in [3.8, 4) is 0 Å². The average molecular weight is 286 g/mol. The predicted molar refractivity (Wildman–Crippen MR) is 74.7 cm³/mol. The Hall–Kier alpha value is -0.850. The van der Waals surface area contributed by atoms with Gasteiger partial charge in [-0.1, -0.05) is 0 Å². The van der Waals surface area contributed by atoms with E-state index in [4.69, 9.17) is 4.42 Å². The average Bonchev–Trinajstić information content (AvgIpc) is 2.83. The summed E-state index contributed by atoms with van der Waals surface area (Å²) in [6.45, 7) is 3.40. The maximum absolute atomic E-state index is 11.5. The van der Waals surface area contributed by atoms with Crippen molar-refractivity contribution in [1.82, 2.24) is 10.2 Å². The molecule has 0 amide bonds. The topological polar surface area (TPSA) is 62.6 Å². The molecule has 0 saturated carbocycles. The van der Waals surface area contributed by atoms with Crippen LogP contribution in [0.2, 0.25) is 0 Å². The van der Waals surface area contributed by atoms with Gasteiger partial charge in [-0.25, -0.2) is 8.42 Å². The summed E-state index contributed by atoms with van der Waals surface area (Å²) in [6.07, 6.45) is 0.724. The summed E-state index contributed by atoms with van der Waals surface area (Å²) in [5.74, 6) is 2.43. The van der Waals surface area contributed by atoms with Crippen LogP contribution in [0.5, 0.6) is 0 Å². The monoisotopic (exact) mass is 286 g/mol. The van der Waals surface area contributed by atoms with Crippen LogP contribution in [0, 0.1) is 6.92 Å². The van der Waals surface area contributed by atoms with E-state index in [9.17, 15) is 8.42 Å². The van der Waals surface area contributed by atoms with Gasteiger partial charge in [0.2, 0.25) is 0 Å². The van der Waals surface area contributed by atoms with E-state index in [0.717, 1.165) is 23.5 Å². The molecular formula is C13H22N2O3S. The molecule has 1 atom stereocenters. The predicted octanol–water partition coefficient (Wildman–Crippen LogP) is 0.926. The summed E-state index contributed by atoms with van der Waals surface area (Å²) < 4.78 is 28.7. The molecule has 6 heteroatoms. The van der Waals surface area contributed by atoms with Crippen molar-refractivity contribution in [3.63, 3.8) is 0 Å². The summed E-state index contributed by atoms with van der Waals surface area (Å²) in [4.78, 5) is 2.08. The minimum absolute atomic E-state index is 0.114. The van der Waals surface area contributed by atoms with Crippen LogP contribution in [0.15, 0.2) is 10.5 Å². The normalized spacial score (nSPS) is 22.2. The molecule has 1 fully saturated rings. The van der Waals surface area contributed by atoms with Gasteiger partial charge >= 0.3 is 0 Å². The molecule has 1 aromatic heterocycles. The van der Waals surface area contributed by atoms with Crippen molar-refractivity contribution in [3.05, 3.63) is 23.2 Å². The van der Waals surface area contributed by atoms with Crippen LogP contribution in [0.4, 0.5) is 0 Å². The number of nitrogens with one attached hydrogen (secondary N) is 1. The van der Waals surface area contributed by atoms with Gasteiger partial charge in [0.15, 0.2) is 9.84 Å². The van der Waals surface area contributed by atoms with E-state index in [0.29, 0.717) is 18.8 Å². The molecule has 2 rings (SSSR count). The first kappa shape index (κ1) is 14.6. The second-order valence-corrected chi connectivity index (χ2v) is 7.55. The SMILES string of the molecule is CNCc1oc(CN(C)C2CCS(=O)(=O)C2)cc1C. The highest BCUT2D eigenvalue weighted by Gasteiger charge is 2.30. The molecule has 0 aromatic carbocycles. The quantitative estimate of drug-likeness (QED) is 0.872. The van der Waals surface area contributed by atoms with E-state index < -0.39 is 9.84 Å². The van der Waals surface area contributed by atoms with Crippen LogP contribution >= 0.6 is 0 Å². The number of furan rings is 1. The Morgan fingerprint density at radius 3 is 2.84 bits per heavy atom. The van der Waals surface area contributed by atoms with Crippen LogP contribution in [0.25, 0.3) is 0 Å². The Morgan fingerprint density at radius 2 is 2.26 bits per heavy atom. The van der Waals surface area contributed by atoms with Gasteiger partial charge in [0.1, 0.15) is 11.5 Å². The standard InChI is InChI=1S/C13H22N2O3S/c1-10-6-12(18-13(10)7-14-2)8-15(3)11-4-5-19(16,17)9-11/h6,11,14H,4-5,7-9H2,1-3H3. The van der Waals surface area contributed by atoms with Crippen LogP contribution < -0.4 is 5.32 Å². The molecule has 108 valence electrons. The van der Waals surface area contributed by atoms with E-state index in [2.05, 4.69) is 10.2 Å². The first-order valence-corrected chi connectivity index (χ1v) is 8.37. The Kier molecular flexibility index (Phi) is 4.32. The van der Waals surface area contributed by atoms with Crippen molar-refractivity contribution >= 4 is 9.84 Å². The second kappa shape index (κ2) is 5.64. The summed E-state index contributed by atoms with van der Waals surface area (Å²) in [6, 6.07) is 2.15. The van der Waals surface area contributed by atoms with Crippen LogP contribution in [-0.2, 0) is 22.9 Å². The Morgan fingerprint density at radius 1 is 1.53 bits per heavy atom. The zero-order valence-corrected chi connectivity index (χ0v) is 12.6. The molecule has 1 aliphatic rings. The lowest BCUT2D eigenvalue weighted by atomic mass is 10.2. The van der Waals surface area contributed by atoms with Crippen molar-refractivity contribution in [2.75, 3.05) is 25.6 Å². The van der Waals surface area contributed by atoms with Gasteiger partial charge in [0.25, 0.3) is 0 Å². The van der Waals surface area contributed by atoms with Crippen LogP contribution in [0.3, 0.4) is 0 Å². The molecule has 0 radical (unpaired) electrons. The molecule has 1 unspecified atom stereocenters. The summed E-state index contributed by atoms with van der Waals surface area (Å²) in [7, 11) is 1.02. The van der Waals surface area contributed by atoms with E-state index in [-0.39, 0.29) is 11.8 Å². The van der Waals surface area contributed by atoms with Crippen molar-refractivity contribution in [2.45, 2.75) is 32.5 Å². The van der Waals surface area contributed by atoms with Gasteiger partial charge in [-0.05, 0) is 39.1 Å². The minimum Gasteiger partial charge on any atom is -0.463 e. The lowest BCUT2D eigenvalue weighted by Gasteiger charge is -2.21. The van der Waals surface area contributed by atoms with E-state index in [1.54, 1.807) is 0 Å². The van der Waals surface area contributed by atoms with E-state index in [1.165, 1.54) is 0 Å². The summed E-state index contributed by atoms with van der Waals surface area (Å²) >= 11 is 0. The largest absolute Gasteiger partial charge is 0.463 e. The highest BCUT2D eigenvalue weighted by atomic mass is 32.2. The Labute approximate surface area is 114 Å². The van der Waals surface area contributed by atoms with Crippen molar-refractivity contribution < 1.29 is 12.8 Å². The number of nitrogens with zero attached hydrogens (tertiary/aromatic N) is 1. The fourth-order valence-electron chi connectivity index (χ4n) is 2.50. The third kappa shape index (κ3) is 3.58. The highest BCUT2D eigenvalue weighted by Crippen LogP contribution is 2.21. The van der Waals surface area contributed by atoms with Gasteiger partial charge in [0.05, 0.1) is 24.6 Å². The first-order valence-electron chi connectivity index (χ1n) is 6.55. The van der Waals surface area contributed by atoms with Crippen molar-refractivity contribution in [2.24, 2.45) is 0 Å². The molecule has 1 aromatic rings. The summed E-state index contributed by atoms with van der Waals surface area (Å²) in [5.41, 5.74) is 1.14. The van der Waals surface area contributed by atoms with Gasteiger partial charge in [-0.3, -0.25) is 4.90 Å².